The molecule has 0 heterocycles. The Morgan fingerprint density at radius 2 is 2.14 bits per heavy atom. The zero-order valence-corrected chi connectivity index (χ0v) is 13.4. The monoisotopic (exact) mass is 308 g/mol. The minimum Gasteiger partial charge on any atom is -0.389 e. The number of nitrogens with one attached hydrogen (secondary N) is 1. The molecule has 0 aliphatic heterocycles. The first kappa shape index (κ1) is 17.2. The number of amides is 1. The summed E-state index contributed by atoms with van der Waals surface area (Å²) in [6.45, 7) is 2.41. The van der Waals surface area contributed by atoms with Crippen LogP contribution in [-0.4, -0.2) is 36.0 Å². The number of unbranched alkanes of at least 4 members (excludes halogenated alkanes) is 2. The van der Waals surface area contributed by atoms with Crippen LogP contribution in [0.1, 0.15) is 45.4 Å². The molecular weight excluding hydrogens is 280 g/mol. The van der Waals surface area contributed by atoms with E-state index in [1.54, 1.807) is 0 Å². The molecule has 2 aliphatic rings. The molecule has 2 aliphatic carbocycles. The predicted octanol–water partition coefficient (Wildman–Crippen LogP) is 1.15. The van der Waals surface area contributed by atoms with Gasteiger partial charge in [-0.2, -0.15) is 0 Å². The van der Waals surface area contributed by atoms with Crippen molar-refractivity contribution in [2.75, 3.05) is 13.2 Å². The minimum absolute atomic E-state index is 0.168. The SMILES string of the molecule is CC1C=CC2(C1)C[C@@H]2C(=O)NCCCCCC(N)C(=O)CO. The van der Waals surface area contributed by atoms with E-state index in [-0.39, 0.29) is 23.0 Å². The minimum atomic E-state index is -0.554. The Hall–Kier alpha value is -1.20. The molecule has 22 heavy (non-hydrogen) atoms. The maximum atomic E-state index is 12.1. The number of aliphatic hydroxyl groups is 1. The molecule has 1 spiro atoms. The molecule has 4 N–H and O–H groups in total. The second kappa shape index (κ2) is 7.38. The number of Topliss-reactive ketones (excluding diaryl/α,β-unsaturated/α-hetero) is 1. The molecule has 1 fully saturated rings. The summed E-state index contributed by atoms with van der Waals surface area (Å²) < 4.78 is 0. The van der Waals surface area contributed by atoms with Gasteiger partial charge < -0.3 is 16.2 Å². The predicted molar refractivity (Wildman–Crippen MR) is 85.0 cm³/mol. The van der Waals surface area contributed by atoms with Gasteiger partial charge in [0.25, 0.3) is 0 Å². The summed E-state index contributed by atoms with van der Waals surface area (Å²) in [6, 6.07) is -0.554. The number of nitrogens with two attached hydrogens (primary N) is 1. The molecule has 3 unspecified atom stereocenters. The van der Waals surface area contributed by atoms with E-state index in [9.17, 15) is 9.59 Å². The van der Waals surface area contributed by atoms with Crippen LogP contribution in [-0.2, 0) is 9.59 Å². The van der Waals surface area contributed by atoms with E-state index in [1.807, 2.05) is 0 Å². The maximum absolute atomic E-state index is 12.1. The van der Waals surface area contributed by atoms with Crippen molar-refractivity contribution in [3.8, 4) is 0 Å². The summed E-state index contributed by atoms with van der Waals surface area (Å²) in [6.07, 6.45) is 9.85. The second-order valence-corrected chi connectivity index (χ2v) is 6.90. The van der Waals surface area contributed by atoms with Crippen LogP contribution in [0.2, 0.25) is 0 Å². The van der Waals surface area contributed by atoms with E-state index in [1.165, 1.54) is 0 Å². The van der Waals surface area contributed by atoms with Crippen LogP contribution in [0.15, 0.2) is 12.2 Å². The standard InChI is InChI=1S/C17H28N2O3/c1-12-6-7-17(9-12)10-13(17)16(22)19-8-4-2-3-5-14(18)15(21)11-20/h6-7,12-14,20H,2-5,8-11,18H2,1H3,(H,19,22)/t12?,13-,14?,17?/m1/s1. The average Bonchev–Trinajstić information content (AvgIpc) is 3.08. The van der Waals surface area contributed by atoms with Crippen LogP contribution in [0, 0.1) is 17.3 Å². The quantitative estimate of drug-likeness (QED) is 0.440. The number of hydrogen-bond donors (Lipinski definition) is 3. The van der Waals surface area contributed by atoms with Gasteiger partial charge in [-0.3, -0.25) is 9.59 Å². The number of carbonyl (C=O) groups is 2. The first-order valence-electron chi connectivity index (χ1n) is 8.35. The lowest BCUT2D eigenvalue weighted by Crippen LogP contribution is -2.32. The zero-order chi connectivity index (χ0) is 16.2. The van der Waals surface area contributed by atoms with E-state index < -0.39 is 12.6 Å². The molecule has 1 saturated carbocycles. The van der Waals surface area contributed by atoms with E-state index in [4.69, 9.17) is 10.8 Å². The van der Waals surface area contributed by atoms with Crippen molar-refractivity contribution in [3.63, 3.8) is 0 Å². The van der Waals surface area contributed by atoms with Crippen LogP contribution < -0.4 is 11.1 Å². The van der Waals surface area contributed by atoms with Crippen molar-refractivity contribution in [2.45, 2.75) is 51.5 Å². The van der Waals surface area contributed by atoms with E-state index in [0.29, 0.717) is 18.9 Å². The largest absolute Gasteiger partial charge is 0.389 e. The van der Waals surface area contributed by atoms with E-state index in [0.717, 1.165) is 32.1 Å². The van der Waals surface area contributed by atoms with Gasteiger partial charge in [-0.1, -0.05) is 31.9 Å². The number of hydrogen-bond acceptors (Lipinski definition) is 4. The van der Waals surface area contributed by atoms with Gasteiger partial charge in [0, 0.05) is 17.9 Å². The Bertz CT molecular complexity index is 449. The molecule has 1 amide bonds. The third kappa shape index (κ3) is 4.17. The highest BCUT2D eigenvalue weighted by Gasteiger charge is 2.57. The summed E-state index contributed by atoms with van der Waals surface area (Å²) >= 11 is 0. The fourth-order valence-corrected chi connectivity index (χ4v) is 3.46. The summed E-state index contributed by atoms with van der Waals surface area (Å²) in [5, 5.41) is 11.7. The van der Waals surface area contributed by atoms with Gasteiger partial charge in [0.1, 0.15) is 6.61 Å². The van der Waals surface area contributed by atoms with Gasteiger partial charge in [-0.15, -0.1) is 0 Å². The third-order valence-corrected chi connectivity index (χ3v) is 4.95. The Morgan fingerprint density at radius 1 is 1.36 bits per heavy atom. The first-order valence-corrected chi connectivity index (χ1v) is 8.35. The number of carbonyl (C=O) groups excluding carboxylic acids is 2. The van der Waals surface area contributed by atoms with Crippen LogP contribution >= 0.6 is 0 Å². The molecule has 0 bridgehead atoms. The molecular formula is C17H28N2O3. The van der Waals surface area contributed by atoms with E-state index >= 15 is 0 Å². The maximum Gasteiger partial charge on any atom is 0.224 e. The van der Waals surface area contributed by atoms with Crippen molar-refractivity contribution in [1.82, 2.24) is 5.32 Å². The zero-order valence-electron chi connectivity index (χ0n) is 13.4. The van der Waals surface area contributed by atoms with Crippen molar-refractivity contribution in [1.29, 1.82) is 0 Å². The number of rotatable bonds is 9. The van der Waals surface area contributed by atoms with Gasteiger partial charge in [0.2, 0.25) is 5.91 Å². The highest BCUT2D eigenvalue weighted by Crippen LogP contribution is 2.60. The fraction of sp³-hybridized carbons (Fsp3) is 0.765. The van der Waals surface area contributed by atoms with Crippen LogP contribution in [0.5, 0.6) is 0 Å². The lowest BCUT2D eigenvalue weighted by molar-refractivity contribution is -0.123. The van der Waals surface area contributed by atoms with Gasteiger partial charge in [0.05, 0.1) is 6.04 Å². The van der Waals surface area contributed by atoms with Crippen molar-refractivity contribution >= 4 is 11.7 Å². The highest BCUT2D eigenvalue weighted by molar-refractivity contribution is 5.84. The fourth-order valence-electron chi connectivity index (χ4n) is 3.46. The molecule has 0 aromatic rings. The Balaban J connectivity index is 1.52. The molecule has 4 atom stereocenters. The van der Waals surface area contributed by atoms with Crippen molar-refractivity contribution in [2.24, 2.45) is 23.0 Å². The molecule has 0 saturated heterocycles. The van der Waals surface area contributed by atoms with Gasteiger partial charge >= 0.3 is 0 Å². The molecule has 5 heteroatoms. The van der Waals surface area contributed by atoms with Crippen LogP contribution in [0.3, 0.4) is 0 Å². The highest BCUT2D eigenvalue weighted by atomic mass is 16.3. The molecule has 5 nitrogen and oxygen atoms in total. The van der Waals surface area contributed by atoms with Crippen LogP contribution in [0.25, 0.3) is 0 Å². The summed E-state index contributed by atoms with van der Waals surface area (Å²) in [5.74, 6) is 0.657. The lowest BCUT2D eigenvalue weighted by atomic mass is 9.99. The Labute approximate surface area is 132 Å². The first-order chi connectivity index (χ1) is 10.5. The van der Waals surface area contributed by atoms with E-state index in [2.05, 4.69) is 24.4 Å². The molecule has 124 valence electrons. The molecule has 2 rings (SSSR count). The Morgan fingerprint density at radius 3 is 2.77 bits per heavy atom. The Kier molecular flexibility index (Phi) is 5.75. The molecule has 0 aromatic carbocycles. The normalized spacial score (nSPS) is 30.5. The molecule has 0 aromatic heterocycles. The number of allylic oxidation sites excluding steroid dienone is 2. The topological polar surface area (TPSA) is 92.4 Å². The second-order valence-electron chi connectivity index (χ2n) is 6.90. The summed E-state index contributed by atoms with van der Waals surface area (Å²) in [5.41, 5.74) is 5.80. The van der Waals surface area contributed by atoms with Crippen molar-refractivity contribution in [3.05, 3.63) is 12.2 Å². The van der Waals surface area contributed by atoms with Gasteiger partial charge in [-0.05, 0) is 31.6 Å². The average molecular weight is 308 g/mol. The number of aliphatic hydroxyl groups excluding tert-OH is 1. The summed E-state index contributed by atoms with van der Waals surface area (Å²) in [7, 11) is 0. The molecule has 0 radical (unpaired) electrons. The summed E-state index contributed by atoms with van der Waals surface area (Å²) in [4.78, 5) is 23.2. The number of ketones is 1. The lowest BCUT2D eigenvalue weighted by Gasteiger charge is -2.10. The van der Waals surface area contributed by atoms with Gasteiger partial charge in [-0.25, -0.2) is 0 Å². The van der Waals surface area contributed by atoms with Gasteiger partial charge in [0.15, 0.2) is 5.78 Å². The van der Waals surface area contributed by atoms with Crippen LogP contribution in [0.4, 0.5) is 0 Å². The third-order valence-electron chi connectivity index (χ3n) is 4.95. The smallest absolute Gasteiger partial charge is 0.224 e. The van der Waals surface area contributed by atoms with Crippen molar-refractivity contribution < 1.29 is 14.7 Å².